The number of carbonyl (C=O) groups is 3. The van der Waals surface area contributed by atoms with Crippen LogP contribution >= 0.6 is 11.6 Å². The predicted molar refractivity (Wildman–Crippen MR) is 115 cm³/mol. The number of halogens is 1. The Labute approximate surface area is 183 Å². The third-order valence-electron chi connectivity index (χ3n) is 3.81. The van der Waals surface area contributed by atoms with Gasteiger partial charge in [0.15, 0.2) is 18.1 Å². The normalized spacial score (nSPS) is 10.3. The molecule has 0 spiro atoms. The summed E-state index contributed by atoms with van der Waals surface area (Å²) in [4.78, 5) is 35.4. The van der Waals surface area contributed by atoms with E-state index in [0.717, 1.165) is 6.08 Å². The number of methoxy groups -OCH3 is 3. The summed E-state index contributed by atoms with van der Waals surface area (Å²) < 4.78 is 20.1. The van der Waals surface area contributed by atoms with Crippen LogP contribution in [-0.2, 0) is 14.3 Å². The first-order valence-electron chi connectivity index (χ1n) is 8.87. The molecule has 0 aliphatic rings. The summed E-state index contributed by atoms with van der Waals surface area (Å²) in [6.07, 6.45) is 2.55. The van der Waals surface area contributed by atoms with Gasteiger partial charge in [0.1, 0.15) is 5.75 Å². The number of esters is 1. The highest BCUT2D eigenvalue weighted by molar-refractivity contribution is 6.32. The van der Waals surface area contributed by atoms with Crippen molar-refractivity contribution in [2.45, 2.75) is 0 Å². The predicted octanol–water partition coefficient (Wildman–Crippen LogP) is 3.27. The molecule has 2 aromatic carbocycles. The van der Waals surface area contributed by atoms with E-state index in [1.54, 1.807) is 36.4 Å². The maximum absolute atomic E-state index is 11.8. The van der Waals surface area contributed by atoms with Gasteiger partial charge in [-0.3, -0.25) is 10.1 Å². The van der Waals surface area contributed by atoms with Crippen molar-refractivity contribution >= 4 is 41.3 Å². The molecule has 31 heavy (non-hydrogen) atoms. The van der Waals surface area contributed by atoms with Gasteiger partial charge in [0.25, 0.3) is 5.91 Å². The van der Waals surface area contributed by atoms with Gasteiger partial charge in [-0.05, 0) is 48.0 Å². The van der Waals surface area contributed by atoms with Gasteiger partial charge in [0.05, 0.1) is 26.4 Å². The third-order valence-corrected chi connectivity index (χ3v) is 4.09. The van der Waals surface area contributed by atoms with Gasteiger partial charge >= 0.3 is 12.0 Å². The number of ether oxygens (including phenoxy) is 4. The molecule has 0 heterocycles. The van der Waals surface area contributed by atoms with E-state index in [1.165, 1.54) is 27.4 Å². The maximum Gasteiger partial charge on any atom is 0.331 e. The number of imide groups is 1. The van der Waals surface area contributed by atoms with Crippen molar-refractivity contribution < 1.29 is 33.3 Å². The van der Waals surface area contributed by atoms with E-state index in [-0.39, 0.29) is 0 Å². The number of anilines is 1. The van der Waals surface area contributed by atoms with Gasteiger partial charge < -0.3 is 24.3 Å². The van der Waals surface area contributed by atoms with E-state index >= 15 is 0 Å². The Balaban J connectivity index is 1.82. The fourth-order valence-corrected chi connectivity index (χ4v) is 2.68. The third kappa shape index (κ3) is 7.23. The SMILES string of the molecule is COc1ccc(NC(=O)NC(=O)COC(=O)/C=C/c2cc(Cl)c(OC)c(OC)c2)cc1. The van der Waals surface area contributed by atoms with Crippen molar-refractivity contribution in [3.05, 3.63) is 53.1 Å². The van der Waals surface area contributed by atoms with Crippen molar-refractivity contribution in [2.24, 2.45) is 0 Å². The number of amides is 3. The number of hydrogen-bond acceptors (Lipinski definition) is 7. The maximum atomic E-state index is 11.8. The van der Waals surface area contributed by atoms with Gasteiger partial charge in [0, 0.05) is 11.8 Å². The average Bonchev–Trinajstić information content (AvgIpc) is 2.76. The minimum atomic E-state index is -0.790. The zero-order chi connectivity index (χ0) is 22.8. The summed E-state index contributed by atoms with van der Waals surface area (Å²) in [6.45, 7) is -0.633. The van der Waals surface area contributed by atoms with Crippen LogP contribution in [0.15, 0.2) is 42.5 Å². The molecule has 0 saturated heterocycles. The van der Waals surface area contributed by atoms with Crippen molar-refractivity contribution in [1.82, 2.24) is 5.32 Å². The first-order chi connectivity index (χ1) is 14.9. The van der Waals surface area contributed by atoms with Crippen LogP contribution in [-0.4, -0.2) is 45.8 Å². The molecule has 2 aromatic rings. The van der Waals surface area contributed by atoms with Crippen LogP contribution in [0.25, 0.3) is 6.08 Å². The number of urea groups is 1. The molecule has 9 nitrogen and oxygen atoms in total. The fraction of sp³-hybridized carbons (Fsp3) is 0.190. The van der Waals surface area contributed by atoms with E-state index in [2.05, 4.69) is 10.6 Å². The van der Waals surface area contributed by atoms with Crippen molar-refractivity contribution in [3.63, 3.8) is 0 Å². The molecule has 3 amide bonds. The molecule has 0 radical (unpaired) electrons. The highest BCUT2D eigenvalue weighted by Crippen LogP contribution is 2.36. The van der Waals surface area contributed by atoms with Crippen molar-refractivity contribution in [2.75, 3.05) is 33.3 Å². The molecular formula is C21H21ClN2O7. The second-order valence-corrected chi connectivity index (χ2v) is 6.32. The lowest BCUT2D eigenvalue weighted by Gasteiger charge is -2.10. The van der Waals surface area contributed by atoms with Crippen LogP contribution in [0.1, 0.15) is 5.56 Å². The molecule has 164 valence electrons. The number of nitrogens with one attached hydrogen (secondary N) is 2. The Morgan fingerprint density at radius 2 is 1.71 bits per heavy atom. The molecule has 0 aromatic heterocycles. The highest BCUT2D eigenvalue weighted by Gasteiger charge is 2.12. The Morgan fingerprint density at radius 1 is 1.00 bits per heavy atom. The highest BCUT2D eigenvalue weighted by atomic mass is 35.5. The first kappa shape index (κ1) is 23.6. The molecule has 0 unspecified atom stereocenters. The monoisotopic (exact) mass is 448 g/mol. The molecule has 0 aliphatic heterocycles. The Hall–Kier alpha value is -3.72. The molecule has 2 N–H and O–H groups in total. The van der Waals surface area contributed by atoms with E-state index in [0.29, 0.717) is 33.5 Å². The lowest BCUT2D eigenvalue weighted by Crippen LogP contribution is -2.37. The molecule has 0 atom stereocenters. The largest absolute Gasteiger partial charge is 0.497 e. The topological polar surface area (TPSA) is 112 Å². The summed E-state index contributed by atoms with van der Waals surface area (Å²) in [5, 5.41) is 4.82. The molecule has 0 saturated carbocycles. The van der Waals surface area contributed by atoms with Gasteiger partial charge in [-0.15, -0.1) is 0 Å². The molecule has 2 rings (SSSR count). The second-order valence-electron chi connectivity index (χ2n) is 5.91. The van der Waals surface area contributed by atoms with Gasteiger partial charge in [0.2, 0.25) is 0 Å². The summed E-state index contributed by atoms with van der Waals surface area (Å²) >= 11 is 6.10. The van der Waals surface area contributed by atoms with E-state index in [9.17, 15) is 14.4 Å². The van der Waals surface area contributed by atoms with E-state index in [1.807, 2.05) is 0 Å². The van der Waals surface area contributed by atoms with Gasteiger partial charge in [-0.2, -0.15) is 0 Å². The Morgan fingerprint density at radius 3 is 2.32 bits per heavy atom. The van der Waals surface area contributed by atoms with Crippen LogP contribution in [0.3, 0.4) is 0 Å². The van der Waals surface area contributed by atoms with E-state index < -0.39 is 24.5 Å². The summed E-state index contributed by atoms with van der Waals surface area (Å²) in [6, 6.07) is 8.94. The standard InChI is InChI=1S/C21H21ClN2O7/c1-28-15-7-5-14(6-8-15)23-21(27)24-18(25)12-31-19(26)9-4-13-10-16(22)20(30-3)17(11-13)29-2/h4-11H,12H2,1-3H3,(H2,23,24,25,27)/b9-4+. The van der Waals surface area contributed by atoms with Gasteiger partial charge in [-0.1, -0.05) is 11.6 Å². The van der Waals surface area contributed by atoms with Crippen LogP contribution in [0, 0.1) is 0 Å². The minimum Gasteiger partial charge on any atom is -0.497 e. The zero-order valence-corrected chi connectivity index (χ0v) is 17.8. The quantitative estimate of drug-likeness (QED) is 0.470. The lowest BCUT2D eigenvalue weighted by atomic mass is 10.2. The molecule has 10 heteroatoms. The minimum absolute atomic E-state index is 0.303. The van der Waals surface area contributed by atoms with Crippen molar-refractivity contribution in [3.8, 4) is 17.2 Å². The van der Waals surface area contributed by atoms with Crippen LogP contribution in [0.5, 0.6) is 17.2 Å². The number of carbonyl (C=O) groups excluding carboxylic acids is 3. The Bertz CT molecular complexity index is 974. The molecule has 0 aliphatic carbocycles. The summed E-state index contributed by atoms with van der Waals surface area (Å²) in [5.74, 6) is -0.186. The molecular weight excluding hydrogens is 428 g/mol. The van der Waals surface area contributed by atoms with Crippen LogP contribution < -0.4 is 24.8 Å². The van der Waals surface area contributed by atoms with Crippen molar-refractivity contribution in [1.29, 1.82) is 0 Å². The first-order valence-corrected chi connectivity index (χ1v) is 9.25. The zero-order valence-electron chi connectivity index (χ0n) is 17.1. The summed E-state index contributed by atoms with van der Waals surface area (Å²) in [5.41, 5.74) is 1.02. The smallest absolute Gasteiger partial charge is 0.331 e. The molecule has 0 bridgehead atoms. The van der Waals surface area contributed by atoms with Crippen LogP contribution in [0.4, 0.5) is 10.5 Å². The number of benzene rings is 2. The second kappa shape index (κ2) is 11.5. The average molecular weight is 449 g/mol. The number of rotatable bonds is 8. The van der Waals surface area contributed by atoms with Crippen LogP contribution in [0.2, 0.25) is 5.02 Å². The fourth-order valence-electron chi connectivity index (χ4n) is 2.38. The number of hydrogen-bond donors (Lipinski definition) is 2. The molecule has 0 fully saturated rings. The summed E-state index contributed by atoms with van der Waals surface area (Å²) in [7, 11) is 4.44. The lowest BCUT2D eigenvalue weighted by molar-refractivity contribution is -0.143. The Kier molecular flexibility index (Phi) is 8.71. The van der Waals surface area contributed by atoms with E-state index in [4.69, 9.17) is 30.5 Å². The van der Waals surface area contributed by atoms with Gasteiger partial charge in [-0.25, -0.2) is 9.59 Å².